The Hall–Kier alpha value is -6.44. The molecule has 0 aromatic heterocycles. The van der Waals surface area contributed by atoms with E-state index in [-0.39, 0.29) is 5.41 Å². The summed E-state index contributed by atoms with van der Waals surface area (Å²) in [4.78, 5) is 2.47. The van der Waals surface area contributed by atoms with E-state index in [1.165, 1.54) is 93.6 Å². The number of aryl methyl sites for hydroxylation is 2. The molecule has 0 unspecified atom stereocenters. The predicted molar refractivity (Wildman–Crippen MR) is 219 cm³/mol. The van der Waals surface area contributed by atoms with Crippen LogP contribution >= 0.6 is 0 Å². The predicted octanol–water partition coefficient (Wildman–Crippen LogP) is 13.6. The molecule has 0 fully saturated rings. The Balaban J connectivity index is 1.19. The van der Waals surface area contributed by atoms with Crippen LogP contribution in [0.15, 0.2) is 176 Å². The van der Waals surface area contributed by atoms with Crippen molar-refractivity contribution < 1.29 is 0 Å². The molecule has 1 heteroatoms. The van der Waals surface area contributed by atoms with Crippen molar-refractivity contribution in [1.82, 2.24) is 0 Å². The van der Waals surface area contributed by atoms with Crippen molar-refractivity contribution in [3.63, 3.8) is 0 Å². The average molecular weight is 662 g/mol. The van der Waals surface area contributed by atoms with Crippen LogP contribution in [0.2, 0.25) is 0 Å². The summed E-state index contributed by atoms with van der Waals surface area (Å²) in [6.45, 7) is 4.40. The van der Waals surface area contributed by atoms with Gasteiger partial charge in [0.05, 0.1) is 5.41 Å². The van der Waals surface area contributed by atoms with E-state index in [1.54, 1.807) is 0 Å². The van der Waals surface area contributed by atoms with Gasteiger partial charge in [-0.15, -0.1) is 0 Å². The summed E-state index contributed by atoms with van der Waals surface area (Å²) in [7, 11) is 0. The van der Waals surface area contributed by atoms with E-state index < -0.39 is 0 Å². The van der Waals surface area contributed by atoms with Gasteiger partial charge in [-0.2, -0.15) is 0 Å². The number of rotatable bonds is 3. The van der Waals surface area contributed by atoms with Crippen LogP contribution in [0.4, 0.5) is 17.1 Å². The van der Waals surface area contributed by atoms with Crippen molar-refractivity contribution in [2.45, 2.75) is 19.3 Å². The Bertz CT molecular complexity index is 2850. The minimum atomic E-state index is -0.356. The van der Waals surface area contributed by atoms with Crippen molar-refractivity contribution in [2.24, 2.45) is 0 Å². The van der Waals surface area contributed by atoms with Crippen molar-refractivity contribution in [3.05, 3.63) is 209 Å². The fourth-order valence-corrected chi connectivity index (χ4v) is 9.79. The second-order valence-electron chi connectivity index (χ2n) is 14.6. The van der Waals surface area contributed by atoms with Gasteiger partial charge in [0.15, 0.2) is 0 Å². The number of hydrogen-bond donors (Lipinski definition) is 0. The highest BCUT2D eigenvalue weighted by molar-refractivity contribution is 6.25. The van der Waals surface area contributed by atoms with Gasteiger partial charge < -0.3 is 4.90 Å². The first kappa shape index (κ1) is 29.3. The van der Waals surface area contributed by atoms with Crippen molar-refractivity contribution in [2.75, 3.05) is 4.90 Å². The third-order valence-electron chi connectivity index (χ3n) is 11.7. The normalized spacial score (nSPS) is 13.3. The molecule has 0 aliphatic heterocycles. The van der Waals surface area contributed by atoms with Crippen LogP contribution in [-0.4, -0.2) is 0 Å². The van der Waals surface area contributed by atoms with Crippen molar-refractivity contribution >= 4 is 49.4 Å². The quantitative estimate of drug-likeness (QED) is 0.170. The number of fused-ring (bicyclic) bond motifs is 16. The minimum absolute atomic E-state index is 0.356. The molecule has 2 aliphatic carbocycles. The maximum atomic E-state index is 2.47. The Kier molecular flexibility index (Phi) is 6.08. The molecule has 244 valence electrons. The molecular formula is C51H35N. The third-order valence-corrected chi connectivity index (χ3v) is 11.7. The van der Waals surface area contributed by atoms with E-state index in [1.807, 2.05) is 0 Å². The van der Waals surface area contributed by atoms with Gasteiger partial charge in [-0.1, -0.05) is 140 Å². The highest BCUT2D eigenvalue weighted by Crippen LogP contribution is 2.63. The molecule has 9 aromatic carbocycles. The van der Waals surface area contributed by atoms with E-state index in [0.29, 0.717) is 0 Å². The zero-order valence-corrected chi connectivity index (χ0v) is 29.2. The van der Waals surface area contributed by atoms with Crippen molar-refractivity contribution in [3.8, 4) is 22.3 Å². The molecule has 0 amide bonds. The molecule has 0 atom stereocenters. The monoisotopic (exact) mass is 661 g/mol. The Morgan fingerprint density at radius 1 is 0.308 bits per heavy atom. The second kappa shape index (κ2) is 10.8. The summed E-state index contributed by atoms with van der Waals surface area (Å²) in [6, 6.07) is 66.0. The molecule has 0 heterocycles. The topological polar surface area (TPSA) is 3.24 Å². The lowest BCUT2D eigenvalue weighted by molar-refractivity contribution is 0.794. The van der Waals surface area contributed by atoms with Gasteiger partial charge in [-0.05, 0) is 138 Å². The SMILES string of the molecule is Cc1cc(C)cc(N(c2ccc3c(c2)-c2ccccc2C32c3ccccc3-c3ccccc32)c2ccc3c4ccccc4c4ccccc4c3c2)c1. The summed E-state index contributed by atoms with van der Waals surface area (Å²) in [5.74, 6) is 0. The van der Waals surface area contributed by atoms with E-state index in [2.05, 4.69) is 195 Å². The Morgan fingerprint density at radius 3 is 1.27 bits per heavy atom. The molecule has 0 saturated heterocycles. The Labute approximate surface area is 304 Å². The molecule has 0 bridgehead atoms. The van der Waals surface area contributed by atoms with Gasteiger partial charge in [0.2, 0.25) is 0 Å². The van der Waals surface area contributed by atoms with Crippen LogP contribution in [0.3, 0.4) is 0 Å². The summed E-state index contributed by atoms with van der Waals surface area (Å²) in [6.07, 6.45) is 0. The number of nitrogens with zero attached hydrogens (tertiary/aromatic N) is 1. The summed E-state index contributed by atoms with van der Waals surface area (Å²) in [5.41, 5.74) is 16.3. The fourth-order valence-electron chi connectivity index (χ4n) is 9.79. The van der Waals surface area contributed by atoms with E-state index in [0.717, 1.165) is 11.4 Å². The summed E-state index contributed by atoms with van der Waals surface area (Å²) < 4.78 is 0. The van der Waals surface area contributed by atoms with Crippen LogP contribution < -0.4 is 4.90 Å². The van der Waals surface area contributed by atoms with Crippen LogP contribution in [-0.2, 0) is 5.41 Å². The molecule has 0 saturated carbocycles. The molecule has 1 spiro atoms. The average Bonchev–Trinajstić information content (AvgIpc) is 3.65. The smallest absolute Gasteiger partial charge is 0.0725 e. The molecular weight excluding hydrogens is 627 g/mol. The largest absolute Gasteiger partial charge is 0.310 e. The molecule has 52 heavy (non-hydrogen) atoms. The lowest BCUT2D eigenvalue weighted by Crippen LogP contribution is -2.25. The van der Waals surface area contributed by atoms with Gasteiger partial charge >= 0.3 is 0 Å². The first-order chi connectivity index (χ1) is 25.6. The van der Waals surface area contributed by atoms with Gasteiger partial charge in [-0.3, -0.25) is 0 Å². The van der Waals surface area contributed by atoms with Crippen LogP contribution in [0.5, 0.6) is 0 Å². The second-order valence-corrected chi connectivity index (χ2v) is 14.6. The zero-order valence-electron chi connectivity index (χ0n) is 29.2. The van der Waals surface area contributed by atoms with Gasteiger partial charge in [-0.25, -0.2) is 0 Å². The Morgan fingerprint density at radius 2 is 0.712 bits per heavy atom. The summed E-state index contributed by atoms with van der Waals surface area (Å²) in [5, 5.41) is 7.70. The molecule has 11 rings (SSSR count). The third kappa shape index (κ3) is 3.88. The highest BCUT2D eigenvalue weighted by atomic mass is 15.1. The number of benzene rings is 9. The standard InChI is InChI=1S/C51H35N/c1-32-27-33(2)29-36(28-32)52(34-23-25-41-39-15-4-3-13-37(39)38-14-5-6-16-40(38)45(41)30-34)35-24-26-50-46(31-35)44-19-9-12-22-49(44)51(50)47-20-10-7-17-42(47)43-18-8-11-21-48(43)51/h3-31H,1-2H3. The van der Waals surface area contributed by atoms with Crippen molar-refractivity contribution in [1.29, 1.82) is 0 Å². The molecule has 9 aromatic rings. The summed E-state index contributed by atoms with van der Waals surface area (Å²) >= 11 is 0. The van der Waals surface area contributed by atoms with Crippen LogP contribution in [0.1, 0.15) is 33.4 Å². The molecule has 2 aliphatic rings. The van der Waals surface area contributed by atoms with Gasteiger partial charge in [0.1, 0.15) is 0 Å². The van der Waals surface area contributed by atoms with Gasteiger partial charge in [0, 0.05) is 17.1 Å². The molecule has 0 radical (unpaired) electrons. The van der Waals surface area contributed by atoms with Crippen LogP contribution in [0.25, 0.3) is 54.6 Å². The first-order valence-electron chi connectivity index (χ1n) is 18.3. The highest BCUT2D eigenvalue weighted by Gasteiger charge is 2.51. The first-order valence-corrected chi connectivity index (χ1v) is 18.3. The maximum absolute atomic E-state index is 2.47. The van der Waals surface area contributed by atoms with E-state index in [4.69, 9.17) is 0 Å². The fraction of sp³-hybridized carbons (Fsp3) is 0.0588. The minimum Gasteiger partial charge on any atom is -0.310 e. The molecule has 0 N–H and O–H groups in total. The van der Waals surface area contributed by atoms with Crippen LogP contribution in [0, 0.1) is 13.8 Å². The van der Waals surface area contributed by atoms with E-state index >= 15 is 0 Å². The lowest BCUT2D eigenvalue weighted by atomic mass is 9.70. The molecule has 1 nitrogen and oxygen atoms in total. The number of anilines is 3. The maximum Gasteiger partial charge on any atom is 0.0725 e. The number of hydrogen-bond acceptors (Lipinski definition) is 1. The van der Waals surface area contributed by atoms with Gasteiger partial charge in [0.25, 0.3) is 0 Å². The van der Waals surface area contributed by atoms with E-state index in [9.17, 15) is 0 Å². The lowest BCUT2D eigenvalue weighted by Gasteiger charge is -2.31. The zero-order chi connectivity index (χ0) is 34.6.